The van der Waals surface area contributed by atoms with Crippen LogP contribution in [-0.4, -0.2) is 25.1 Å². The summed E-state index contributed by atoms with van der Waals surface area (Å²) in [6.45, 7) is 3.93. The summed E-state index contributed by atoms with van der Waals surface area (Å²) in [6, 6.07) is 9.25. The number of benzene rings is 1. The van der Waals surface area contributed by atoms with Crippen molar-refractivity contribution in [3.05, 3.63) is 76.4 Å². The molecule has 0 bridgehead atoms. The van der Waals surface area contributed by atoms with E-state index in [1.54, 1.807) is 12.1 Å². The van der Waals surface area contributed by atoms with Crippen LogP contribution in [0.25, 0.3) is 5.65 Å². The maximum absolute atomic E-state index is 12.6. The number of rotatable bonds is 6. The fraction of sp³-hybridized carbons (Fsp3) is 0.200. The summed E-state index contributed by atoms with van der Waals surface area (Å²) in [7, 11) is 0. The van der Waals surface area contributed by atoms with E-state index in [-0.39, 0.29) is 30.5 Å². The molecule has 3 aromatic heterocycles. The van der Waals surface area contributed by atoms with Crippen LogP contribution < -0.4 is 15.7 Å². The standard InChI is InChI=1S/C20H19N5O4/c1-13-8-14(2)10-16(9-13)29-19-18-23-25(20(27)24(18)6-5-21-19)12-17(26)22-11-15-4-3-7-28-15/h3-10H,11-12H2,1-2H3,(H,22,26). The molecule has 1 amide bonds. The molecule has 9 nitrogen and oxygen atoms in total. The summed E-state index contributed by atoms with van der Waals surface area (Å²) in [4.78, 5) is 29.0. The zero-order valence-electron chi connectivity index (χ0n) is 16.0. The fourth-order valence-electron chi connectivity index (χ4n) is 3.00. The highest BCUT2D eigenvalue weighted by molar-refractivity contribution is 5.75. The Morgan fingerprint density at radius 1 is 1.24 bits per heavy atom. The van der Waals surface area contributed by atoms with E-state index in [2.05, 4.69) is 15.4 Å². The van der Waals surface area contributed by atoms with Crippen LogP contribution >= 0.6 is 0 Å². The number of furan rings is 1. The predicted octanol–water partition coefficient (Wildman–Crippen LogP) is 2.21. The normalized spacial score (nSPS) is 11.0. The van der Waals surface area contributed by atoms with Gasteiger partial charge >= 0.3 is 5.69 Å². The van der Waals surface area contributed by atoms with Gasteiger partial charge in [-0.3, -0.25) is 4.79 Å². The van der Waals surface area contributed by atoms with E-state index in [9.17, 15) is 9.59 Å². The molecule has 0 fully saturated rings. The minimum Gasteiger partial charge on any atom is -0.467 e. The van der Waals surface area contributed by atoms with Crippen molar-refractivity contribution >= 4 is 11.6 Å². The molecule has 0 aliphatic rings. The summed E-state index contributed by atoms with van der Waals surface area (Å²) in [5.74, 6) is 1.04. The van der Waals surface area contributed by atoms with Gasteiger partial charge < -0.3 is 14.5 Å². The van der Waals surface area contributed by atoms with Crippen molar-refractivity contribution in [2.45, 2.75) is 26.9 Å². The number of hydrogen-bond acceptors (Lipinski definition) is 6. The SMILES string of the molecule is Cc1cc(C)cc(Oc2nccn3c(=O)n(CC(=O)NCc4ccco4)nc23)c1. The first-order valence-corrected chi connectivity index (χ1v) is 8.99. The van der Waals surface area contributed by atoms with Crippen molar-refractivity contribution in [1.82, 2.24) is 24.5 Å². The van der Waals surface area contributed by atoms with Gasteiger partial charge in [-0.2, -0.15) is 0 Å². The number of amides is 1. The van der Waals surface area contributed by atoms with E-state index in [4.69, 9.17) is 9.15 Å². The summed E-state index contributed by atoms with van der Waals surface area (Å²) in [6.07, 6.45) is 4.46. The molecule has 0 saturated heterocycles. The molecule has 1 aromatic carbocycles. The van der Waals surface area contributed by atoms with Gasteiger partial charge in [-0.1, -0.05) is 6.07 Å². The van der Waals surface area contributed by atoms with Crippen molar-refractivity contribution in [1.29, 1.82) is 0 Å². The van der Waals surface area contributed by atoms with Gasteiger partial charge in [0.25, 0.3) is 5.88 Å². The lowest BCUT2D eigenvalue weighted by atomic mass is 10.1. The lowest BCUT2D eigenvalue weighted by molar-refractivity contribution is -0.122. The summed E-state index contributed by atoms with van der Waals surface area (Å²) < 4.78 is 13.4. The van der Waals surface area contributed by atoms with Crippen LogP contribution in [0.5, 0.6) is 11.6 Å². The van der Waals surface area contributed by atoms with Gasteiger partial charge in [-0.25, -0.2) is 18.9 Å². The quantitative estimate of drug-likeness (QED) is 0.539. The molecule has 3 heterocycles. The Hall–Kier alpha value is -3.88. The van der Waals surface area contributed by atoms with Gasteiger partial charge in [0.1, 0.15) is 18.1 Å². The largest absolute Gasteiger partial charge is 0.467 e. The number of aryl methyl sites for hydroxylation is 2. The van der Waals surface area contributed by atoms with Crippen LogP contribution in [0.1, 0.15) is 16.9 Å². The van der Waals surface area contributed by atoms with Crippen molar-refractivity contribution in [3.8, 4) is 11.6 Å². The second-order valence-corrected chi connectivity index (χ2v) is 6.65. The summed E-state index contributed by atoms with van der Waals surface area (Å²) in [5, 5.41) is 6.92. The van der Waals surface area contributed by atoms with E-state index in [1.165, 1.54) is 23.1 Å². The second kappa shape index (κ2) is 7.63. The van der Waals surface area contributed by atoms with Crippen LogP contribution in [0.2, 0.25) is 0 Å². The van der Waals surface area contributed by atoms with Gasteiger partial charge in [-0.15, -0.1) is 5.10 Å². The zero-order chi connectivity index (χ0) is 20.4. The van der Waals surface area contributed by atoms with E-state index < -0.39 is 5.69 Å². The van der Waals surface area contributed by atoms with Crippen LogP contribution in [0.15, 0.2) is 58.2 Å². The highest BCUT2D eigenvalue weighted by Crippen LogP contribution is 2.24. The molecular formula is C20H19N5O4. The number of fused-ring (bicyclic) bond motifs is 1. The van der Waals surface area contributed by atoms with Gasteiger partial charge in [0.15, 0.2) is 0 Å². The minimum absolute atomic E-state index is 0.185. The van der Waals surface area contributed by atoms with Crippen molar-refractivity contribution in [3.63, 3.8) is 0 Å². The Kier molecular flexibility index (Phi) is 4.86. The number of ether oxygens (including phenoxy) is 1. The smallest absolute Gasteiger partial charge is 0.351 e. The molecule has 0 aliphatic heterocycles. The fourth-order valence-corrected chi connectivity index (χ4v) is 3.00. The van der Waals surface area contributed by atoms with Crippen LogP contribution in [0.4, 0.5) is 0 Å². The molecule has 4 rings (SSSR count). The lowest BCUT2D eigenvalue weighted by Crippen LogP contribution is -2.32. The minimum atomic E-state index is -0.458. The topological polar surface area (TPSA) is 104 Å². The number of carbonyl (C=O) groups is 1. The molecule has 4 aromatic rings. The van der Waals surface area contributed by atoms with E-state index >= 15 is 0 Å². The predicted molar refractivity (Wildman–Crippen MR) is 104 cm³/mol. The van der Waals surface area contributed by atoms with Crippen molar-refractivity contribution in [2.75, 3.05) is 0 Å². The number of carbonyl (C=O) groups excluding carboxylic acids is 1. The maximum atomic E-state index is 12.6. The van der Waals surface area contributed by atoms with Gasteiger partial charge in [-0.05, 0) is 49.2 Å². The summed E-state index contributed by atoms with van der Waals surface area (Å²) >= 11 is 0. The first-order valence-electron chi connectivity index (χ1n) is 8.99. The Morgan fingerprint density at radius 2 is 2.03 bits per heavy atom. The molecule has 0 radical (unpaired) electrons. The number of aromatic nitrogens is 4. The Morgan fingerprint density at radius 3 is 2.76 bits per heavy atom. The Labute approximate surface area is 165 Å². The molecule has 1 N–H and O–H groups in total. The monoisotopic (exact) mass is 393 g/mol. The Balaban J connectivity index is 1.57. The molecule has 0 saturated carbocycles. The number of hydrogen-bond donors (Lipinski definition) is 1. The third-order valence-electron chi connectivity index (χ3n) is 4.21. The van der Waals surface area contributed by atoms with Crippen LogP contribution in [0.3, 0.4) is 0 Å². The molecule has 0 spiro atoms. The lowest BCUT2D eigenvalue weighted by Gasteiger charge is -2.07. The van der Waals surface area contributed by atoms with E-state index in [0.717, 1.165) is 15.8 Å². The molecule has 0 aliphatic carbocycles. The van der Waals surface area contributed by atoms with Crippen molar-refractivity contribution in [2.24, 2.45) is 0 Å². The highest BCUT2D eigenvalue weighted by atomic mass is 16.5. The molecule has 148 valence electrons. The zero-order valence-corrected chi connectivity index (χ0v) is 16.0. The van der Waals surface area contributed by atoms with Gasteiger partial charge in [0.05, 0.1) is 12.8 Å². The van der Waals surface area contributed by atoms with Gasteiger partial charge in [0, 0.05) is 12.4 Å². The third kappa shape index (κ3) is 4.03. The average Bonchev–Trinajstić information content (AvgIpc) is 3.29. The van der Waals surface area contributed by atoms with Crippen molar-refractivity contribution < 1.29 is 13.9 Å². The second-order valence-electron chi connectivity index (χ2n) is 6.65. The highest BCUT2D eigenvalue weighted by Gasteiger charge is 2.16. The molecule has 0 atom stereocenters. The van der Waals surface area contributed by atoms with Gasteiger partial charge in [0.2, 0.25) is 11.6 Å². The molecule has 9 heteroatoms. The Bertz CT molecular complexity index is 1200. The van der Waals surface area contributed by atoms with E-state index in [1.807, 2.05) is 32.0 Å². The van der Waals surface area contributed by atoms with E-state index in [0.29, 0.717) is 11.5 Å². The number of nitrogens with one attached hydrogen (secondary N) is 1. The van der Waals surface area contributed by atoms with Crippen LogP contribution in [0, 0.1) is 13.8 Å². The maximum Gasteiger partial charge on any atom is 0.351 e. The third-order valence-corrected chi connectivity index (χ3v) is 4.21. The first kappa shape index (κ1) is 18.5. The average molecular weight is 393 g/mol. The molecular weight excluding hydrogens is 374 g/mol. The molecule has 29 heavy (non-hydrogen) atoms. The summed E-state index contributed by atoms with van der Waals surface area (Å²) in [5.41, 5.74) is 1.86. The molecule has 0 unspecified atom stereocenters. The first-order chi connectivity index (χ1) is 14.0. The van der Waals surface area contributed by atoms with Crippen LogP contribution in [-0.2, 0) is 17.9 Å². The number of nitrogens with zero attached hydrogens (tertiary/aromatic N) is 4.